The molecule has 0 aliphatic carbocycles. The Labute approximate surface area is 158 Å². The maximum absolute atomic E-state index is 9.47. The molecule has 0 atom stereocenters. The lowest BCUT2D eigenvalue weighted by atomic mass is 9.72. The van der Waals surface area contributed by atoms with Crippen LogP contribution < -0.4 is 14.5 Å². The van der Waals surface area contributed by atoms with Crippen molar-refractivity contribution in [1.82, 2.24) is 9.55 Å². The molecule has 27 heavy (non-hydrogen) atoms. The van der Waals surface area contributed by atoms with Crippen molar-refractivity contribution in [2.75, 3.05) is 49.7 Å². The Morgan fingerprint density at radius 2 is 1.70 bits per heavy atom. The van der Waals surface area contributed by atoms with Crippen LogP contribution in [0, 0.1) is 5.41 Å². The van der Waals surface area contributed by atoms with Gasteiger partial charge in [0.1, 0.15) is 5.75 Å². The van der Waals surface area contributed by atoms with Crippen molar-refractivity contribution in [2.45, 2.75) is 6.54 Å². The number of benzene rings is 2. The molecule has 0 bridgehead atoms. The Bertz CT molecular complexity index is 952. The van der Waals surface area contributed by atoms with Crippen LogP contribution in [0.3, 0.4) is 0 Å². The van der Waals surface area contributed by atoms with E-state index in [1.54, 1.807) is 7.11 Å². The summed E-state index contributed by atoms with van der Waals surface area (Å²) in [4.78, 5) is 9.60. The van der Waals surface area contributed by atoms with Crippen molar-refractivity contribution in [3.8, 4) is 5.75 Å². The van der Waals surface area contributed by atoms with Gasteiger partial charge in [-0.15, -0.1) is 0 Å². The Kier molecular flexibility index (Phi) is 3.75. The second kappa shape index (κ2) is 6.16. The third-order valence-electron chi connectivity index (χ3n) is 5.78. The molecule has 0 unspecified atom stereocenters. The zero-order valence-corrected chi connectivity index (χ0v) is 15.5. The van der Waals surface area contributed by atoms with Crippen molar-refractivity contribution >= 4 is 22.7 Å². The largest absolute Gasteiger partial charge is 0.497 e. The van der Waals surface area contributed by atoms with Crippen LogP contribution in [0.25, 0.3) is 11.0 Å². The van der Waals surface area contributed by atoms with E-state index < -0.39 is 0 Å². The monoisotopic (exact) mass is 364 g/mol. The zero-order valence-electron chi connectivity index (χ0n) is 15.5. The van der Waals surface area contributed by atoms with Crippen molar-refractivity contribution < 1.29 is 9.84 Å². The molecule has 2 aromatic carbocycles. The van der Waals surface area contributed by atoms with Crippen LogP contribution >= 0.6 is 0 Å². The smallest absolute Gasteiger partial charge is 0.206 e. The van der Waals surface area contributed by atoms with Crippen molar-refractivity contribution in [3.05, 3.63) is 48.5 Å². The number of nitrogens with zero attached hydrogens (tertiary/aromatic N) is 4. The van der Waals surface area contributed by atoms with E-state index in [9.17, 15) is 5.11 Å². The van der Waals surface area contributed by atoms with Gasteiger partial charge in [-0.05, 0) is 36.4 Å². The molecular weight excluding hydrogens is 340 g/mol. The predicted octanol–water partition coefficient (Wildman–Crippen LogP) is 2.36. The summed E-state index contributed by atoms with van der Waals surface area (Å²) < 4.78 is 7.38. The molecule has 1 spiro atoms. The van der Waals surface area contributed by atoms with E-state index in [4.69, 9.17) is 9.72 Å². The van der Waals surface area contributed by atoms with E-state index in [0.717, 1.165) is 48.9 Å². The Morgan fingerprint density at radius 1 is 1.00 bits per heavy atom. The van der Waals surface area contributed by atoms with E-state index in [1.807, 2.05) is 30.3 Å². The van der Waals surface area contributed by atoms with E-state index in [0.29, 0.717) is 12.0 Å². The van der Waals surface area contributed by atoms with E-state index in [1.165, 1.54) is 5.69 Å². The molecule has 0 amide bonds. The van der Waals surface area contributed by atoms with Crippen molar-refractivity contribution in [1.29, 1.82) is 0 Å². The molecule has 2 saturated heterocycles. The first-order chi connectivity index (χ1) is 13.2. The number of imidazole rings is 1. The summed E-state index contributed by atoms with van der Waals surface area (Å²) >= 11 is 0. The van der Waals surface area contributed by atoms with E-state index >= 15 is 0 Å². The first-order valence-corrected chi connectivity index (χ1v) is 9.41. The van der Waals surface area contributed by atoms with E-state index in [2.05, 4.69) is 32.6 Å². The van der Waals surface area contributed by atoms with Gasteiger partial charge in [0.2, 0.25) is 5.95 Å². The number of fused-ring (bicyclic) bond motifs is 1. The number of hydrogen-bond acceptors (Lipinski definition) is 5. The first kappa shape index (κ1) is 16.4. The highest BCUT2D eigenvalue weighted by atomic mass is 16.5. The summed E-state index contributed by atoms with van der Waals surface area (Å²) in [6.07, 6.45) is 0. The fourth-order valence-corrected chi connectivity index (χ4v) is 4.47. The number of aliphatic hydroxyl groups excluding tert-OH is 1. The highest BCUT2D eigenvalue weighted by molar-refractivity contribution is 5.79. The van der Waals surface area contributed by atoms with Gasteiger partial charge in [0.05, 0.1) is 24.8 Å². The summed E-state index contributed by atoms with van der Waals surface area (Å²) in [5.74, 6) is 1.88. The third kappa shape index (κ3) is 2.63. The van der Waals surface area contributed by atoms with Gasteiger partial charge < -0.3 is 24.2 Å². The van der Waals surface area contributed by atoms with Crippen molar-refractivity contribution in [2.24, 2.45) is 5.41 Å². The van der Waals surface area contributed by atoms with Crippen LogP contribution in [0.15, 0.2) is 48.5 Å². The molecule has 6 heteroatoms. The maximum atomic E-state index is 9.47. The molecule has 140 valence electrons. The number of rotatable bonds is 5. The van der Waals surface area contributed by atoms with Gasteiger partial charge in [-0.2, -0.15) is 0 Å². The number of aliphatic hydroxyl groups is 1. The highest BCUT2D eigenvalue weighted by Gasteiger charge is 2.52. The Hall–Kier alpha value is -2.73. The predicted molar refractivity (Wildman–Crippen MR) is 107 cm³/mol. The molecule has 3 heterocycles. The maximum Gasteiger partial charge on any atom is 0.206 e. The van der Waals surface area contributed by atoms with Gasteiger partial charge in [-0.25, -0.2) is 4.98 Å². The number of ether oxygens (including phenoxy) is 1. The lowest BCUT2D eigenvalue weighted by Gasteiger charge is -2.61. The summed E-state index contributed by atoms with van der Waals surface area (Å²) in [5, 5.41) is 9.47. The quantitative estimate of drug-likeness (QED) is 0.753. The molecule has 2 aliphatic rings. The SMILES string of the molecule is COc1ccc(N2CC3(C2)CN(c2nc4ccccc4n2CCO)C3)cc1. The molecule has 5 rings (SSSR count). The minimum Gasteiger partial charge on any atom is -0.497 e. The van der Waals surface area contributed by atoms with Crippen molar-refractivity contribution in [3.63, 3.8) is 0 Å². The van der Waals surface area contributed by atoms with Crippen LogP contribution in [0.2, 0.25) is 0 Å². The molecule has 1 N–H and O–H groups in total. The number of hydrogen-bond donors (Lipinski definition) is 1. The lowest BCUT2D eigenvalue weighted by molar-refractivity contribution is 0.153. The average molecular weight is 364 g/mol. The van der Waals surface area contributed by atoms with Crippen LogP contribution in [0.1, 0.15) is 0 Å². The fourth-order valence-electron chi connectivity index (χ4n) is 4.47. The lowest BCUT2D eigenvalue weighted by Crippen LogP contribution is -2.72. The Morgan fingerprint density at radius 3 is 2.41 bits per heavy atom. The second-order valence-corrected chi connectivity index (χ2v) is 7.69. The molecule has 6 nitrogen and oxygen atoms in total. The summed E-state index contributed by atoms with van der Waals surface area (Å²) in [6.45, 7) is 4.91. The van der Waals surface area contributed by atoms with Gasteiger partial charge in [0, 0.05) is 43.8 Å². The number of aromatic nitrogens is 2. The van der Waals surface area contributed by atoms with Gasteiger partial charge in [-0.1, -0.05) is 12.1 Å². The van der Waals surface area contributed by atoms with Crippen LogP contribution in [-0.4, -0.2) is 54.6 Å². The minimum atomic E-state index is 0.123. The van der Waals surface area contributed by atoms with Gasteiger partial charge in [-0.3, -0.25) is 0 Å². The Balaban J connectivity index is 1.29. The van der Waals surface area contributed by atoms with Gasteiger partial charge in [0.25, 0.3) is 0 Å². The van der Waals surface area contributed by atoms with Crippen LogP contribution in [-0.2, 0) is 6.54 Å². The minimum absolute atomic E-state index is 0.123. The summed E-state index contributed by atoms with van der Waals surface area (Å²) in [6, 6.07) is 16.4. The first-order valence-electron chi connectivity index (χ1n) is 9.41. The normalized spacial score (nSPS) is 17.9. The topological polar surface area (TPSA) is 53.8 Å². The molecule has 2 fully saturated rings. The standard InChI is InChI=1S/C21H24N4O2/c1-27-17-8-6-16(7-9-17)23-12-21(13-23)14-24(15-21)20-22-18-4-2-3-5-19(18)25(20)10-11-26/h2-9,26H,10-15H2,1H3. The molecule has 3 aromatic rings. The number of para-hydroxylation sites is 2. The molecular formula is C21H24N4O2. The molecule has 2 aliphatic heterocycles. The number of methoxy groups -OCH3 is 1. The molecule has 0 saturated carbocycles. The third-order valence-corrected chi connectivity index (χ3v) is 5.78. The zero-order chi connectivity index (χ0) is 18.4. The summed E-state index contributed by atoms with van der Waals surface area (Å²) in [5.41, 5.74) is 3.71. The van der Waals surface area contributed by atoms with Crippen LogP contribution in [0.4, 0.5) is 11.6 Å². The van der Waals surface area contributed by atoms with Crippen LogP contribution in [0.5, 0.6) is 5.75 Å². The van der Waals surface area contributed by atoms with Gasteiger partial charge in [0.15, 0.2) is 0 Å². The van der Waals surface area contributed by atoms with E-state index in [-0.39, 0.29) is 6.61 Å². The molecule has 0 radical (unpaired) electrons. The molecule has 1 aromatic heterocycles. The highest BCUT2D eigenvalue weighted by Crippen LogP contribution is 2.44. The van der Waals surface area contributed by atoms with Gasteiger partial charge >= 0.3 is 0 Å². The fraction of sp³-hybridized carbons (Fsp3) is 0.381. The second-order valence-electron chi connectivity index (χ2n) is 7.69. The number of anilines is 2. The summed E-state index contributed by atoms with van der Waals surface area (Å²) in [7, 11) is 1.70. The average Bonchev–Trinajstić information content (AvgIpc) is 2.99.